The molecule has 1 saturated heterocycles. The zero-order valence-electron chi connectivity index (χ0n) is 22.0. The van der Waals surface area contributed by atoms with E-state index in [2.05, 4.69) is 74.8 Å². The van der Waals surface area contributed by atoms with Gasteiger partial charge < -0.3 is 4.98 Å². The summed E-state index contributed by atoms with van der Waals surface area (Å²) < 4.78 is 0. The summed E-state index contributed by atoms with van der Waals surface area (Å²) in [6.45, 7) is 14.0. The number of H-pyrrole nitrogens is 1. The van der Waals surface area contributed by atoms with Gasteiger partial charge >= 0.3 is 0 Å². The monoisotopic (exact) mass is 472 g/mol. The number of nitrogens with one attached hydrogen (secondary N) is 1. The highest BCUT2D eigenvalue weighted by Crippen LogP contribution is 2.49. The van der Waals surface area contributed by atoms with Crippen LogP contribution in [0.1, 0.15) is 71.3 Å². The maximum Gasteiger partial charge on any atom is 0.107 e. The van der Waals surface area contributed by atoms with E-state index in [0.717, 1.165) is 25.2 Å². The van der Waals surface area contributed by atoms with Crippen molar-refractivity contribution >= 4 is 10.9 Å². The standard InChI is InChI=1S/C31H40N2O2/c1-18-6-7-26-27-8-9-33-16-24-14-25(35-34-17-23-11-19(2)22(5)20(3)12-23)13-21(4)28(24)15-30(33)31(27)32-29(26)10-18/h6-7,10-12,21,24-25,28,30,32H,8-9,13-17H2,1-5H3/t21-,24?,25+,28?,30-/m1/s1. The SMILES string of the molecule is Cc1ccc2c3c([nH]c2c1)[C@H]1CC2C(C[C@@H](OOCc4cc(C)c(C)c(C)c4)C[C@H]2C)CN1CC3. The van der Waals surface area contributed by atoms with Crippen LogP contribution >= 0.6 is 0 Å². The molecule has 1 saturated carbocycles. The molecular formula is C31H40N2O2. The number of aryl methyl sites for hydroxylation is 3. The third kappa shape index (κ3) is 4.24. The lowest BCUT2D eigenvalue weighted by Gasteiger charge is -2.51. The number of rotatable bonds is 4. The van der Waals surface area contributed by atoms with E-state index in [4.69, 9.17) is 9.78 Å². The summed E-state index contributed by atoms with van der Waals surface area (Å²) in [6.07, 6.45) is 4.83. The highest BCUT2D eigenvalue weighted by Gasteiger charge is 2.45. The van der Waals surface area contributed by atoms with Gasteiger partial charge in [0, 0.05) is 29.7 Å². The molecule has 35 heavy (non-hydrogen) atoms. The molecule has 0 bridgehead atoms. The van der Waals surface area contributed by atoms with E-state index in [-0.39, 0.29) is 6.10 Å². The first-order chi connectivity index (χ1) is 16.9. The van der Waals surface area contributed by atoms with Gasteiger partial charge in [-0.05, 0) is 111 Å². The Morgan fingerprint density at radius 2 is 1.80 bits per heavy atom. The first kappa shape index (κ1) is 23.3. The fourth-order valence-corrected chi connectivity index (χ4v) is 7.37. The first-order valence-electron chi connectivity index (χ1n) is 13.6. The summed E-state index contributed by atoms with van der Waals surface area (Å²) in [7, 11) is 0. The molecule has 4 heteroatoms. The van der Waals surface area contributed by atoms with Crippen molar-refractivity contribution in [3.05, 3.63) is 69.4 Å². The Balaban J connectivity index is 1.12. The van der Waals surface area contributed by atoms with E-state index in [1.54, 1.807) is 5.56 Å². The summed E-state index contributed by atoms with van der Waals surface area (Å²) in [5, 5.41) is 1.44. The largest absolute Gasteiger partial charge is 0.357 e. The normalized spacial score (nSPS) is 28.5. The molecule has 1 aliphatic carbocycles. The molecular weight excluding hydrogens is 432 g/mol. The van der Waals surface area contributed by atoms with E-state index in [9.17, 15) is 0 Å². The number of aromatic nitrogens is 1. The van der Waals surface area contributed by atoms with Crippen LogP contribution in [0.25, 0.3) is 10.9 Å². The Hall–Kier alpha value is -2.14. The Morgan fingerprint density at radius 1 is 1.00 bits per heavy atom. The smallest absolute Gasteiger partial charge is 0.107 e. The third-order valence-corrected chi connectivity index (χ3v) is 9.44. The average molecular weight is 473 g/mol. The van der Waals surface area contributed by atoms with Crippen LogP contribution in [-0.4, -0.2) is 29.1 Å². The molecule has 2 aromatic carbocycles. The lowest BCUT2D eigenvalue weighted by molar-refractivity contribution is -0.343. The molecule has 6 rings (SSSR count). The van der Waals surface area contributed by atoms with E-state index >= 15 is 0 Å². The minimum Gasteiger partial charge on any atom is -0.357 e. The molecule has 3 aliphatic rings. The third-order valence-electron chi connectivity index (χ3n) is 9.44. The van der Waals surface area contributed by atoms with Crippen LogP contribution in [-0.2, 0) is 22.8 Å². The quantitative estimate of drug-likeness (QED) is 0.332. The van der Waals surface area contributed by atoms with Gasteiger partial charge in [0.2, 0.25) is 0 Å². The zero-order valence-corrected chi connectivity index (χ0v) is 22.0. The second kappa shape index (κ2) is 9.06. The molecule has 1 N–H and O–H groups in total. The van der Waals surface area contributed by atoms with Crippen LogP contribution in [0.2, 0.25) is 0 Å². The molecule has 3 aromatic rings. The Kier molecular flexibility index (Phi) is 6.03. The summed E-state index contributed by atoms with van der Waals surface area (Å²) in [4.78, 5) is 18.4. The van der Waals surface area contributed by atoms with E-state index in [1.807, 2.05) is 0 Å². The van der Waals surface area contributed by atoms with Gasteiger partial charge in [0.05, 0.1) is 12.1 Å². The fraction of sp³-hybridized carbons (Fsp3) is 0.548. The van der Waals surface area contributed by atoms with Crippen molar-refractivity contribution in [2.75, 3.05) is 13.1 Å². The molecule has 2 fully saturated rings. The van der Waals surface area contributed by atoms with Crippen LogP contribution < -0.4 is 0 Å². The van der Waals surface area contributed by atoms with Crippen molar-refractivity contribution in [1.82, 2.24) is 9.88 Å². The summed E-state index contributed by atoms with van der Waals surface area (Å²) >= 11 is 0. The highest BCUT2D eigenvalue weighted by atomic mass is 17.2. The number of hydrogen-bond acceptors (Lipinski definition) is 3. The van der Waals surface area contributed by atoms with E-state index in [1.165, 1.54) is 63.9 Å². The minimum absolute atomic E-state index is 0.201. The Labute approximate surface area is 209 Å². The second-order valence-electron chi connectivity index (χ2n) is 11.8. The van der Waals surface area contributed by atoms with Gasteiger partial charge in [-0.15, -0.1) is 0 Å². The van der Waals surface area contributed by atoms with Gasteiger partial charge in [-0.25, -0.2) is 9.78 Å². The summed E-state index contributed by atoms with van der Waals surface area (Å²) in [5.41, 5.74) is 10.9. The lowest BCUT2D eigenvalue weighted by atomic mass is 9.66. The van der Waals surface area contributed by atoms with Crippen LogP contribution in [0.3, 0.4) is 0 Å². The van der Waals surface area contributed by atoms with Crippen LogP contribution in [0, 0.1) is 45.4 Å². The highest BCUT2D eigenvalue weighted by molar-refractivity contribution is 5.85. The van der Waals surface area contributed by atoms with Crippen molar-refractivity contribution < 1.29 is 9.78 Å². The molecule has 3 heterocycles. The number of hydrogen-bond donors (Lipinski definition) is 1. The molecule has 5 atom stereocenters. The molecule has 0 spiro atoms. The number of aromatic amines is 1. The summed E-state index contributed by atoms with van der Waals surface area (Å²) in [5.74, 6) is 2.11. The lowest BCUT2D eigenvalue weighted by Crippen LogP contribution is -2.50. The Bertz CT molecular complexity index is 1220. The van der Waals surface area contributed by atoms with Crippen LogP contribution in [0.5, 0.6) is 0 Å². The van der Waals surface area contributed by atoms with Gasteiger partial charge in [0.15, 0.2) is 0 Å². The number of piperidine rings is 1. The van der Waals surface area contributed by atoms with Gasteiger partial charge in [-0.3, -0.25) is 4.90 Å². The van der Waals surface area contributed by atoms with Gasteiger partial charge in [0.25, 0.3) is 0 Å². The first-order valence-corrected chi connectivity index (χ1v) is 13.6. The number of nitrogens with zero attached hydrogens (tertiary/aromatic N) is 1. The maximum absolute atomic E-state index is 6.03. The maximum atomic E-state index is 6.03. The van der Waals surface area contributed by atoms with Gasteiger partial charge in [0.1, 0.15) is 6.61 Å². The molecule has 1 aromatic heterocycles. The number of fused-ring (bicyclic) bond motifs is 6. The van der Waals surface area contributed by atoms with Crippen LogP contribution in [0.15, 0.2) is 30.3 Å². The topological polar surface area (TPSA) is 37.5 Å². The van der Waals surface area contributed by atoms with Crippen LogP contribution in [0.4, 0.5) is 0 Å². The molecule has 4 nitrogen and oxygen atoms in total. The van der Waals surface area contributed by atoms with Crippen molar-refractivity contribution in [2.24, 2.45) is 17.8 Å². The van der Waals surface area contributed by atoms with E-state index in [0.29, 0.717) is 24.5 Å². The molecule has 0 radical (unpaired) electrons. The molecule has 2 aliphatic heterocycles. The van der Waals surface area contributed by atoms with Crippen molar-refractivity contribution in [3.8, 4) is 0 Å². The van der Waals surface area contributed by atoms with E-state index < -0.39 is 0 Å². The number of benzene rings is 2. The average Bonchev–Trinajstić information content (AvgIpc) is 3.19. The fourth-order valence-electron chi connectivity index (χ4n) is 7.37. The molecule has 186 valence electrons. The summed E-state index contributed by atoms with van der Waals surface area (Å²) in [6, 6.07) is 11.9. The predicted octanol–water partition coefficient (Wildman–Crippen LogP) is 6.88. The predicted molar refractivity (Wildman–Crippen MR) is 141 cm³/mol. The molecule has 0 amide bonds. The minimum atomic E-state index is 0.201. The second-order valence-corrected chi connectivity index (χ2v) is 11.8. The Morgan fingerprint density at radius 3 is 2.60 bits per heavy atom. The van der Waals surface area contributed by atoms with Crippen molar-refractivity contribution in [3.63, 3.8) is 0 Å². The van der Waals surface area contributed by atoms with Gasteiger partial charge in [-0.2, -0.15) is 0 Å². The molecule has 2 unspecified atom stereocenters. The van der Waals surface area contributed by atoms with Crippen molar-refractivity contribution in [1.29, 1.82) is 0 Å². The van der Waals surface area contributed by atoms with Gasteiger partial charge in [-0.1, -0.05) is 31.2 Å². The van der Waals surface area contributed by atoms with Crippen molar-refractivity contribution in [2.45, 2.75) is 79.1 Å². The zero-order chi connectivity index (χ0) is 24.3.